The molecule has 4 aromatic rings. The summed E-state index contributed by atoms with van der Waals surface area (Å²) in [4.78, 5) is 24.2. The molecule has 0 saturated carbocycles. The van der Waals surface area contributed by atoms with E-state index in [-0.39, 0.29) is 16.7 Å². The fourth-order valence-corrected chi connectivity index (χ4v) is 3.72. The zero-order valence-corrected chi connectivity index (χ0v) is 16.2. The van der Waals surface area contributed by atoms with E-state index in [0.717, 1.165) is 27.7 Å². The number of aromatic nitrogens is 3. The van der Waals surface area contributed by atoms with Crippen molar-refractivity contribution in [2.75, 3.05) is 18.2 Å². The minimum atomic E-state index is -0.534. The van der Waals surface area contributed by atoms with E-state index < -0.39 is 5.82 Å². The summed E-state index contributed by atoms with van der Waals surface area (Å²) in [5, 5.41) is 4.22. The van der Waals surface area contributed by atoms with Crippen LogP contribution in [0.5, 0.6) is 5.75 Å². The van der Waals surface area contributed by atoms with Crippen LogP contribution in [-0.4, -0.2) is 33.7 Å². The van der Waals surface area contributed by atoms with Crippen LogP contribution in [0, 0.1) is 5.82 Å². The second-order valence-electron chi connectivity index (χ2n) is 5.90. The predicted octanol–water partition coefficient (Wildman–Crippen LogP) is 4.64. The zero-order chi connectivity index (χ0) is 19.7. The average molecular weight is 417 g/mol. The first-order valence-corrected chi connectivity index (χ1v) is 9.59. The van der Waals surface area contributed by atoms with Crippen molar-refractivity contribution in [2.24, 2.45) is 0 Å². The Bertz CT molecular complexity index is 1200. The molecule has 0 bridgehead atoms. The number of fused-ring (bicyclic) bond motifs is 3. The van der Waals surface area contributed by atoms with Gasteiger partial charge in [0.05, 0.1) is 23.4 Å². The molecule has 0 spiro atoms. The summed E-state index contributed by atoms with van der Waals surface area (Å²) in [5.41, 5.74) is 2.86. The Balaban J connectivity index is 1.54. The first-order chi connectivity index (χ1) is 13.5. The lowest BCUT2D eigenvalue weighted by Gasteiger charge is -2.06. The van der Waals surface area contributed by atoms with E-state index in [9.17, 15) is 9.18 Å². The highest BCUT2D eigenvalue weighted by atomic mass is 35.5. The number of thioether (sulfide) groups is 1. The molecule has 0 aliphatic carbocycles. The lowest BCUT2D eigenvalue weighted by molar-refractivity contribution is -0.113. The first kappa shape index (κ1) is 18.5. The lowest BCUT2D eigenvalue weighted by Crippen LogP contribution is -2.14. The van der Waals surface area contributed by atoms with Gasteiger partial charge in [-0.3, -0.25) is 4.79 Å². The zero-order valence-electron chi connectivity index (χ0n) is 14.6. The molecule has 0 saturated heterocycles. The smallest absolute Gasteiger partial charge is 0.234 e. The topological polar surface area (TPSA) is 79.9 Å². The van der Waals surface area contributed by atoms with Crippen molar-refractivity contribution in [3.8, 4) is 5.75 Å². The molecule has 2 N–H and O–H groups in total. The normalized spacial score (nSPS) is 11.1. The van der Waals surface area contributed by atoms with Gasteiger partial charge in [0.1, 0.15) is 28.4 Å². The summed E-state index contributed by atoms with van der Waals surface area (Å²) in [6.07, 6.45) is 1.47. The SMILES string of the molecule is COc1ccc2[nH]c3c(SCC(=O)Nc4ccc(F)c(Cl)c4)ncnc3c2c1. The molecular weight excluding hydrogens is 403 g/mol. The van der Waals surface area contributed by atoms with Gasteiger partial charge in [0, 0.05) is 16.6 Å². The molecular formula is C19H14ClFN4O2S. The van der Waals surface area contributed by atoms with E-state index in [1.54, 1.807) is 7.11 Å². The monoisotopic (exact) mass is 416 g/mol. The fourth-order valence-electron chi connectivity index (χ4n) is 2.79. The summed E-state index contributed by atoms with van der Waals surface area (Å²) in [6.45, 7) is 0. The second kappa shape index (κ2) is 7.65. The number of halogens is 2. The van der Waals surface area contributed by atoms with Crippen molar-refractivity contribution in [1.82, 2.24) is 15.0 Å². The van der Waals surface area contributed by atoms with Crippen LogP contribution in [0.25, 0.3) is 21.9 Å². The number of carbonyl (C=O) groups is 1. The van der Waals surface area contributed by atoms with E-state index in [4.69, 9.17) is 16.3 Å². The maximum atomic E-state index is 13.2. The van der Waals surface area contributed by atoms with Crippen molar-refractivity contribution in [3.05, 3.63) is 53.6 Å². The van der Waals surface area contributed by atoms with Gasteiger partial charge < -0.3 is 15.0 Å². The highest BCUT2D eigenvalue weighted by molar-refractivity contribution is 8.00. The number of aromatic amines is 1. The van der Waals surface area contributed by atoms with E-state index in [1.807, 2.05) is 18.2 Å². The van der Waals surface area contributed by atoms with Crippen molar-refractivity contribution in [2.45, 2.75) is 5.03 Å². The van der Waals surface area contributed by atoms with Gasteiger partial charge in [-0.25, -0.2) is 14.4 Å². The fraction of sp³-hybridized carbons (Fsp3) is 0.105. The van der Waals surface area contributed by atoms with Crippen molar-refractivity contribution in [1.29, 1.82) is 0 Å². The number of amides is 1. The molecule has 0 unspecified atom stereocenters. The van der Waals surface area contributed by atoms with Crippen LogP contribution in [-0.2, 0) is 4.79 Å². The number of rotatable bonds is 5. The Morgan fingerprint density at radius 2 is 2.14 bits per heavy atom. The highest BCUT2D eigenvalue weighted by Gasteiger charge is 2.13. The summed E-state index contributed by atoms with van der Waals surface area (Å²) in [6, 6.07) is 9.71. The molecule has 28 heavy (non-hydrogen) atoms. The van der Waals surface area contributed by atoms with Gasteiger partial charge in [0.2, 0.25) is 5.91 Å². The van der Waals surface area contributed by atoms with Crippen molar-refractivity contribution < 1.29 is 13.9 Å². The predicted molar refractivity (Wildman–Crippen MR) is 109 cm³/mol. The molecule has 2 aromatic heterocycles. The van der Waals surface area contributed by atoms with Crippen LogP contribution >= 0.6 is 23.4 Å². The molecule has 0 radical (unpaired) electrons. The number of methoxy groups -OCH3 is 1. The molecule has 0 atom stereocenters. The number of anilines is 1. The molecule has 0 aliphatic rings. The summed E-state index contributed by atoms with van der Waals surface area (Å²) >= 11 is 7.01. The second-order valence-corrected chi connectivity index (χ2v) is 7.28. The van der Waals surface area contributed by atoms with Crippen LogP contribution in [0.2, 0.25) is 5.02 Å². The van der Waals surface area contributed by atoms with Crippen molar-refractivity contribution >= 4 is 56.9 Å². The Hall–Kier alpha value is -2.84. The summed E-state index contributed by atoms with van der Waals surface area (Å²) < 4.78 is 18.5. The molecule has 0 aliphatic heterocycles. The Kier molecular flexibility index (Phi) is 5.06. The van der Waals surface area contributed by atoms with Gasteiger partial charge in [-0.15, -0.1) is 0 Å². The number of hydrogen-bond donors (Lipinski definition) is 2. The van der Waals surface area contributed by atoms with E-state index in [1.165, 1.54) is 36.3 Å². The third kappa shape index (κ3) is 3.61. The van der Waals surface area contributed by atoms with Gasteiger partial charge in [-0.05, 0) is 36.4 Å². The minimum absolute atomic E-state index is 0.0449. The maximum Gasteiger partial charge on any atom is 0.234 e. The lowest BCUT2D eigenvalue weighted by atomic mass is 10.2. The third-order valence-corrected chi connectivity index (χ3v) is 5.38. The quantitative estimate of drug-likeness (QED) is 0.366. The van der Waals surface area contributed by atoms with Gasteiger partial charge in [0.25, 0.3) is 0 Å². The number of H-pyrrole nitrogens is 1. The van der Waals surface area contributed by atoms with Gasteiger partial charge in [-0.2, -0.15) is 0 Å². The standard InChI is InChI=1S/C19H14ClFN4O2S/c1-27-11-3-5-15-12(7-11)17-18(25-15)19(23-9-22-17)28-8-16(26)24-10-2-4-14(21)13(20)6-10/h2-7,9,25H,8H2,1H3,(H,24,26). The summed E-state index contributed by atoms with van der Waals surface area (Å²) in [7, 11) is 1.61. The average Bonchev–Trinajstić information content (AvgIpc) is 3.07. The van der Waals surface area contributed by atoms with E-state index in [2.05, 4.69) is 20.3 Å². The molecule has 2 aromatic carbocycles. The first-order valence-electron chi connectivity index (χ1n) is 8.23. The minimum Gasteiger partial charge on any atom is -0.497 e. The van der Waals surface area contributed by atoms with Gasteiger partial charge in [-0.1, -0.05) is 23.4 Å². The van der Waals surface area contributed by atoms with Gasteiger partial charge in [0.15, 0.2) is 0 Å². The number of hydrogen-bond acceptors (Lipinski definition) is 5. The van der Waals surface area contributed by atoms with Crippen molar-refractivity contribution in [3.63, 3.8) is 0 Å². The van der Waals surface area contributed by atoms with E-state index >= 15 is 0 Å². The van der Waals surface area contributed by atoms with E-state index in [0.29, 0.717) is 10.7 Å². The number of nitrogens with zero attached hydrogens (tertiary/aromatic N) is 2. The molecule has 0 fully saturated rings. The summed E-state index contributed by atoms with van der Waals surface area (Å²) in [5.74, 6) is 0.0726. The largest absolute Gasteiger partial charge is 0.497 e. The Morgan fingerprint density at radius 3 is 2.93 bits per heavy atom. The molecule has 4 rings (SSSR count). The molecule has 1 amide bonds. The molecule has 6 nitrogen and oxygen atoms in total. The Morgan fingerprint density at radius 1 is 1.29 bits per heavy atom. The van der Waals surface area contributed by atoms with Crippen LogP contribution in [0.15, 0.2) is 47.8 Å². The Labute approximate surface area is 168 Å². The van der Waals surface area contributed by atoms with Crippen LogP contribution < -0.4 is 10.1 Å². The third-order valence-electron chi connectivity index (χ3n) is 4.10. The maximum absolute atomic E-state index is 13.2. The number of ether oxygens (including phenoxy) is 1. The van der Waals surface area contributed by atoms with Gasteiger partial charge >= 0.3 is 0 Å². The molecule has 142 valence electrons. The molecule has 9 heteroatoms. The van der Waals surface area contributed by atoms with Crippen LogP contribution in [0.4, 0.5) is 10.1 Å². The number of carbonyl (C=O) groups excluding carboxylic acids is 1. The van der Waals surface area contributed by atoms with Crippen LogP contribution in [0.1, 0.15) is 0 Å². The number of nitrogens with one attached hydrogen (secondary N) is 2. The number of benzene rings is 2. The van der Waals surface area contributed by atoms with Crippen LogP contribution in [0.3, 0.4) is 0 Å². The molecule has 2 heterocycles. The highest BCUT2D eigenvalue weighted by Crippen LogP contribution is 2.31.